The van der Waals surface area contributed by atoms with E-state index < -0.39 is 5.25 Å². The third kappa shape index (κ3) is 4.40. The van der Waals surface area contributed by atoms with Crippen molar-refractivity contribution in [2.45, 2.75) is 24.3 Å². The number of carbonyl (C=O) groups is 1. The van der Waals surface area contributed by atoms with Crippen molar-refractivity contribution in [2.75, 3.05) is 18.3 Å². The second kappa shape index (κ2) is 8.53. The maximum atomic E-state index is 12.5. The number of aryl methyl sites for hydroxylation is 1. The minimum atomic E-state index is -0.446. The Morgan fingerprint density at radius 3 is 2.61 bits per heavy atom. The van der Waals surface area contributed by atoms with E-state index in [1.165, 1.54) is 23.5 Å². The van der Waals surface area contributed by atoms with Gasteiger partial charge >= 0.3 is 0 Å². The van der Waals surface area contributed by atoms with Gasteiger partial charge < -0.3 is 15.9 Å². The summed E-state index contributed by atoms with van der Waals surface area (Å²) in [4.78, 5) is 12.5. The van der Waals surface area contributed by atoms with Crippen molar-refractivity contribution < 1.29 is 9.53 Å². The molecule has 1 aromatic heterocycles. The number of carbonyl (C=O) groups excluding carboxylic acids is 1. The molecule has 0 spiro atoms. The summed E-state index contributed by atoms with van der Waals surface area (Å²) in [6, 6.07) is 12.9. The van der Waals surface area contributed by atoms with Crippen molar-refractivity contribution in [3.63, 3.8) is 0 Å². The van der Waals surface area contributed by atoms with E-state index in [1.54, 1.807) is 25.1 Å². The number of rotatable bonds is 6. The van der Waals surface area contributed by atoms with Gasteiger partial charge in [0.1, 0.15) is 5.75 Å². The second-order valence-electron chi connectivity index (χ2n) is 6.14. The van der Waals surface area contributed by atoms with Crippen LogP contribution in [0.25, 0.3) is 11.4 Å². The van der Waals surface area contributed by atoms with Crippen LogP contribution in [-0.4, -0.2) is 33.1 Å². The smallest absolute Gasteiger partial charge is 0.237 e. The third-order valence-electron chi connectivity index (χ3n) is 4.05. The van der Waals surface area contributed by atoms with Gasteiger partial charge in [0.05, 0.1) is 17.4 Å². The van der Waals surface area contributed by atoms with Crippen molar-refractivity contribution in [3.8, 4) is 17.1 Å². The summed E-state index contributed by atoms with van der Waals surface area (Å²) in [5.41, 5.74) is 2.58. The van der Waals surface area contributed by atoms with E-state index >= 15 is 0 Å². The number of anilines is 1. The van der Waals surface area contributed by atoms with Gasteiger partial charge in [-0.25, -0.2) is 4.68 Å². The first-order valence-corrected chi connectivity index (χ1v) is 9.73. The molecule has 0 saturated carbocycles. The Kier molecular flexibility index (Phi) is 6.11. The first-order chi connectivity index (χ1) is 13.4. The molecule has 9 heteroatoms. The summed E-state index contributed by atoms with van der Waals surface area (Å²) in [6.45, 7) is 3.78. The lowest BCUT2D eigenvalue weighted by molar-refractivity contribution is -0.115. The number of aromatic nitrogens is 3. The molecule has 7 nitrogen and oxygen atoms in total. The Morgan fingerprint density at radius 2 is 1.96 bits per heavy atom. The van der Waals surface area contributed by atoms with Crippen LogP contribution >= 0.6 is 23.4 Å². The van der Waals surface area contributed by atoms with Gasteiger partial charge in [0.2, 0.25) is 11.1 Å². The number of nitrogens with zero attached hydrogens (tertiary/aromatic N) is 3. The van der Waals surface area contributed by atoms with Crippen molar-refractivity contribution >= 4 is 35.0 Å². The van der Waals surface area contributed by atoms with Crippen LogP contribution in [0.3, 0.4) is 0 Å². The number of benzene rings is 2. The van der Waals surface area contributed by atoms with Gasteiger partial charge in [-0.05, 0) is 32.0 Å². The number of amides is 1. The van der Waals surface area contributed by atoms with Crippen LogP contribution in [0.5, 0.6) is 5.75 Å². The maximum absolute atomic E-state index is 12.5. The van der Waals surface area contributed by atoms with Gasteiger partial charge in [0.25, 0.3) is 0 Å². The predicted octanol–water partition coefficient (Wildman–Crippen LogP) is 3.75. The van der Waals surface area contributed by atoms with E-state index in [2.05, 4.69) is 15.5 Å². The van der Waals surface area contributed by atoms with Crippen molar-refractivity contribution in [1.29, 1.82) is 0 Å². The molecule has 1 heterocycles. The van der Waals surface area contributed by atoms with Gasteiger partial charge in [-0.15, -0.1) is 10.2 Å². The second-order valence-corrected chi connectivity index (χ2v) is 7.86. The highest BCUT2D eigenvalue weighted by Crippen LogP contribution is 2.29. The largest absolute Gasteiger partial charge is 0.495 e. The first kappa shape index (κ1) is 20.0. The summed E-state index contributed by atoms with van der Waals surface area (Å²) in [5.74, 6) is 7.01. The molecule has 0 unspecified atom stereocenters. The topological polar surface area (TPSA) is 95.1 Å². The van der Waals surface area contributed by atoms with E-state index in [9.17, 15) is 4.79 Å². The minimum absolute atomic E-state index is 0.203. The van der Waals surface area contributed by atoms with Gasteiger partial charge in [0, 0.05) is 11.3 Å². The average Bonchev–Trinajstić information content (AvgIpc) is 3.03. The number of methoxy groups -OCH3 is 1. The van der Waals surface area contributed by atoms with E-state index in [0.29, 0.717) is 27.4 Å². The highest BCUT2D eigenvalue weighted by Gasteiger charge is 2.20. The molecule has 0 radical (unpaired) electrons. The molecule has 0 fully saturated rings. The average molecular weight is 418 g/mol. The number of halogens is 1. The fraction of sp³-hybridized carbons (Fsp3) is 0.211. The van der Waals surface area contributed by atoms with Crippen LogP contribution in [0.4, 0.5) is 5.69 Å². The predicted molar refractivity (Wildman–Crippen MR) is 112 cm³/mol. The summed E-state index contributed by atoms with van der Waals surface area (Å²) in [7, 11) is 1.53. The Labute approximate surface area is 172 Å². The molecule has 3 N–H and O–H groups in total. The normalized spacial score (nSPS) is 11.9. The molecule has 0 aliphatic heterocycles. The van der Waals surface area contributed by atoms with Crippen molar-refractivity contribution in [1.82, 2.24) is 14.9 Å². The van der Waals surface area contributed by atoms with E-state index in [-0.39, 0.29) is 5.91 Å². The third-order valence-corrected chi connectivity index (χ3v) is 5.40. The van der Waals surface area contributed by atoms with Crippen LogP contribution in [0.2, 0.25) is 5.02 Å². The lowest BCUT2D eigenvalue weighted by atomic mass is 10.1. The molecular weight excluding hydrogens is 398 g/mol. The lowest BCUT2D eigenvalue weighted by Gasteiger charge is -2.12. The van der Waals surface area contributed by atoms with Gasteiger partial charge in [-0.2, -0.15) is 0 Å². The fourth-order valence-electron chi connectivity index (χ4n) is 2.46. The molecule has 3 aromatic rings. The van der Waals surface area contributed by atoms with Gasteiger partial charge in [-0.3, -0.25) is 4.79 Å². The number of hydrogen-bond donors (Lipinski definition) is 2. The van der Waals surface area contributed by atoms with Crippen LogP contribution in [0, 0.1) is 6.92 Å². The summed E-state index contributed by atoms with van der Waals surface area (Å²) in [5, 5.41) is 11.5. The quantitative estimate of drug-likeness (QED) is 0.468. The zero-order valence-corrected chi connectivity index (χ0v) is 17.2. The van der Waals surface area contributed by atoms with Crippen molar-refractivity contribution in [2.24, 2.45) is 0 Å². The number of nitrogens with two attached hydrogens (primary N) is 1. The maximum Gasteiger partial charge on any atom is 0.237 e. The van der Waals surface area contributed by atoms with Crippen LogP contribution in [0.1, 0.15) is 12.5 Å². The van der Waals surface area contributed by atoms with Gasteiger partial charge in [0.15, 0.2) is 5.82 Å². The zero-order chi connectivity index (χ0) is 20.3. The van der Waals surface area contributed by atoms with E-state index in [4.69, 9.17) is 22.2 Å². The van der Waals surface area contributed by atoms with Gasteiger partial charge in [-0.1, -0.05) is 53.2 Å². The molecule has 0 bridgehead atoms. The molecule has 0 aliphatic rings. The lowest BCUT2D eigenvalue weighted by Crippen LogP contribution is -2.23. The number of thioether (sulfide) groups is 1. The molecule has 2 aromatic carbocycles. The molecule has 1 amide bonds. The minimum Gasteiger partial charge on any atom is -0.495 e. The molecule has 0 saturated heterocycles. The summed E-state index contributed by atoms with van der Waals surface area (Å²) in [6.07, 6.45) is 0. The molecule has 28 heavy (non-hydrogen) atoms. The molecule has 146 valence electrons. The Bertz CT molecular complexity index is 990. The van der Waals surface area contributed by atoms with Crippen LogP contribution in [-0.2, 0) is 4.79 Å². The summed E-state index contributed by atoms with van der Waals surface area (Å²) < 4.78 is 6.50. The van der Waals surface area contributed by atoms with Crippen LogP contribution in [0.15, 0.2) is 47.6 Å². The highest BCUT2D eigenvalue weighted by molar-refractivity contribution is 8.00. The standard InChI is InChI=1S/C19H20ClN5O2S/c1-11-4-6-13(7-5-11)17-23-24-19(25(17)21)28-12(2)18(26)22-14-8-9-16(27-3)15(20)10-14/h4-10,12H,21H2,1-3H3,(H,22,26)/t12-/m0/s1. The van der Waals surface area contributed by atoms with Crippen LogP contribution < -0.4 is 15.9 Å². The molecule has 3 rings (SSSR count). The Balaban J connectivity index is 1.69. The van der Waals surface area contributed by atoms with E-state index in [1.807, 2.05) is 31.2 Å². The number of hydrogen-bond acceptors (Lipinski definition) is 6. The van der Waals surface area contributed by atoms with E-state index in [0.717, 1.165) is 11.1 Å². The Hall–Kier alpha value is -2.71. The van der Waals surface area contributed by atoms with Crippen molar-refractivity contribution in [3.05, 3.63) is 53.1 Å². The monoisotopic (exact) mass is 417 g/mol. The fourth-order valence-corrected chi connectivity index (χ4v) is 3.48. The Morgan fingerprint density at radius 1 is 1.25 bits per heavy atom. The highest BCUT2D eigenvalue weighted by atomic mass is 35.5. The molecule has 0 aliphatic carbocycles. The SMILES string of the molecule is COc1ccc(NC(=O)[C@H](C)Sc2nnc(-c3ccc(C)cc3)n2N)cc1Cl. The number of ether oxygens (including phenoxy) is 1. The first-order valence-electron chi connectivity index (χ1n) is 8.47. The number of nitrogens with one attached hydrogen (secondary N) is 1. The molecular formula is C19H20ClN5O2S. The number of nitrogen functional groups attached to an aromatic ring is 1. The molecule has 1 atom stereocenters. The summed E-state index contributed by atoms with van der Waals surface area (Å²) >= 11 is 7.32. The zero-order valence-electron chi connectivity index (χ0n) is 15.6.